The number of benzene rings is 2. The number of rotatable bonds is 12. The van der Waals surface area contributed by atoms with Gasteiger partial charge in [0.25, 0.3) is 5.91 Å². The summed E-state index contributed by atoms with van der Waals surface area (Å²) in [6.07, 6.45) is 7.68. The summed E-state index contributed by atoms with van der Waals surface area (Å²) in [5, 5.41) is 8.30. The van der Waals surface area contributed by atoms with Crippen molar-refractivity contribution in [2.45, 2.75) is 68.8 Å². The molecular weight excluding hydrogens is 643 g/mol. The van der Waals surface area contributed by atoms with E-state index in [4.69, 9.17) is 14.1 Å². The van der Waals surface area contributed by atoms with Gasteiger partial charge in [-0.3, -0.25) is 19.6 Å². The summed E-state index contributed by atoms with van der Waals surface area (Å²) in [6.45, 7) is 4.17. The molecule has 12 heteroatoms. The van der Waals surface area contributed by atoms with E-state index in [-0.39, 0.29) is 35.6 Å². The summed E-state index contributed by atoms with van der Waals surface area (Å²) >= 11 is 0. The average molecular weight is 682 g/mol. The fourth-order valence-electron chi connectivity index (χ4n) is 6.58. The first-order chi connectivity index (χ1) is 23.6. The van der Waals surface area contributed by atoms with Crippen molar-refractivity contribution in [2.75, 3.05) is 13.7 Å². The third kappa shape index (κ3) is 6.75. The van der Waals surface area contributed by atoms with Crippen LogP contribution in [0.3, 0.4) is 0 Å². The fraction of sp³-hybridized carbons (Fsp3) is 0.351. The van der Waals surface area contributed by atoms with Gasteiger partial charge in [0.05, 0.1) is 35.0 Å². The molecule has 5 aromatic rings. The number of nitrogens with zero attached hydrogens (tertiary/aromatic N) is 2. The zero-order valence-electron chi connectivity index (χ0n) is 27.7. The van der Waals surface area contributed by atoms with Gasteiger partial charge in [-0.05, 0) is 78.8 Å². The van der Waals surface area contributed by atoms with Crippen LogP contribution in [0.4, 0.5) is 0 Å². The smallest absolute Gasteiger partial charge is 0.253 e. The van der Waals surface area contributed by atoms with E-state index in [9.17, 15) is 18.0 Å². The van der Waals surface area contributed by atoms with E-state index in [1.54, 1.807) is 37.7 Å². The van der Waals surface area contributed by atoms with Crippen LogP contribution in [-0.4, -0.2) is 43.9 Å². The summed E-state index contributed by atoms with van der Waals surface area (Å²) in [6, 6.07) is 13.3. The maximum atomic E-state index is 13.9. The number of aryl methyl sites for hydroxylation is 1. The van der Waals surface area contributed by atoms with Crippen LogP contribution in [0.15, 0.2) is 76.4 Å². The zero-order valence-corrected chi connectivity index (χ0v) is 28.5. The van der Waals surface area contributed by atoms with Gasteiger partial charge < -0.3 is 19.8 Å². The lowest BCUT2D eigenvalue weighted by molar-refractivity contribution is -0.121. The minimum Gasteiger partial charge on any atom is -0.496 e. The summed E-state index contributed by atoms with van der Waals surface area (Å²) in [5.41, 5.74) is 3.30. The van der Waals surface area contributed by atoms with Crippen molar-refractivity contribution in [1.82, 2.24) is 25.3 Å². The molecule has 49 heavy (non-hydrogen) atoms. The molecule has 11 nitrogen and oxygen atoms in total. The van der Waals surface area contributed by atoms with Crippen molar-refractivity contribution in [3.63, 3.8) is 0 Å². The van der Waals surface area contributed by atoms with Crippen LogP contribution >= 0.6 is 0 Å². The predicted molar refractivity (Wildman–Crippen MR) is 185 cm³/mol. The molecule has 7 rings (SSSR count). The molecule has 2 aliphatic carbocycles. The van der Waals surface area contributed by atoms with Crippen LogP contribution in [0.5, 0.6) is 5.75 Å². The Morgan fingerprint density at radius 3 is 2.57 bits per heavy atom. The first-order valence-corrected chi connectivity index (χ1v) is 18.1. The first kappa shape index (κ1) is 32.7. The minimum absolute atomic E-state index is 0.104. The van der Waals surface area contributed by atoms with Gasteiger partial charge in [0.2, 0.25) is 15.9 Å². The van der Waals surface area contributed by atoms with Gasteiger partial charge in [0.1, 0.15) is 17.1 Å². The molecule has 0 radical (unpaired) electrons. The van der Waals surface area contributed by atoms with Crippen LogP contribution in [0.1, 0.15) is 90.5 Å². The molecule has 2 atom stereocenters. The lowest BCUT2D eigenvalue weighted by atomic mass is 9.98. The number of methoxy groups -OCH3 is 1. The maximum Gasteiger partial charge on any atom is 0.253 e. The number of aromatic nitrogens is 2. The van der Waals surface area contributed by atoms with E-state index < -0.39 is 22.1 Å². The van der Waals surface area contributed by atoms with Gasteiger partial charge in [0, 0.05) is 60.4 Å². The Kier molecular flexibility index (Phi) is 8.84. The Labute approximate surface area is 284 Å². The Bertz CT molecular complexity index is 2160. The van der Waals surface area contributed by atoms with Crippen molar-refractivity contribution >= 4 is 43.6 Å². The van der Waals surface area contributed by atoms with Crippen LogP contribution in [0.25, 0.3) is 21.7 Å². The molecule has 2 aliphatic rings. The van der Waals surface area contributed by atoms with E-state index in [1.165, 1.54) is 6.20 Å². The highest BCUT2D eigenvalue weighted by Crippen LogP contribution is 2.47. The number of pyridine rings is 2. The van der Waals surface area contributed by atoms with Crippen molar-refractivity contribution in [2.24, 2.45) is 5.92 Å². The molecule has 2 aromatic carbocycles. The highest BCUT2D eigenvalue weighted by Gasteiger charge is 2.38. The molecule has 0 spiro atoms. The number of furan rings is 1. The van der Waals surface area contributed by atoms with Crippen molar-refractivity contribution in [3.05, 3.63) is 95.3 Å². The maximum absolute atomic E-state index is 13.9. The summed E-state index contributed by atoms with van der Waals surface area (Å²) in [4.78, 5) is 35.9. The second-order valence-electron chi connectivity index (χ2n) is 13.3. The quantitative estimate of drug-likeness (QED) is 0.148. The van der Waals surface area contributed by atoms with Gasteiger partial charge >= 0.3 is 0 Å². The van der Waals surface area contributed by atoms with Crippen molar-refractivity contribution < 1.29 is 27.2 Å². The van der Waals surface area contributed by atoms with Crippen LogP contribution in [-0.2, 0) is 21.2 Å². The number of sulfonamides is 1. The number of nitrogens with one attached hydrogen (secondary N) is 3. The Hall–Kier alpha value is -4.81. The molecule has 254 valence electrons. The number of hydrogen-bond donors (Lipinski definition) is 3. The van der Waals surface area contributed by atoms with E-state index in [0.717, 1.165) is 29.5 Å². The van der Waals surface area contributed by atoms with Gasteiger partial charge in [0.15, 0.2) is 0 Å². The Morgan fingerprint density at radius 1 is 1.00 bits per heavy atom. The minimum atomic E-state index is -3.93. The third-order valence-corrected chi connectivity index (χ3v) is 10.7. The summed E-state index contributed by atoms with van der Waals surface area (Å²) in [5.74, 6) is 1.22. The highest BCUT2D eigenvalue weighted by molar-refractivity contribution is 7.89. The van der Waals surface area contributed by atoms with Crippen LogP contribution in [0.2, 0.25) is 0 Å². The number of carbonyl (C=O) groups is 2. The largest absolute Gasteiger partial charge is 0.496 e. The molecule has 1 saturated carbocycles. The van der Waals surface area contributed by atoms with Gasteiger partial charge in [-0.25, -0.2) is 13.1 Å². The monoisotopic (exact) mass is 681 g/mol. The molecule has 3 N–H and O–H groups in total. The summed E-state index contributed by atoms with van der Waals surface area (Å²) < 4.78 is 41.9. The normalized spacial score (nSPS) is 17.4. The predicted octanol–water partition coefficient (Wildman–Crippen LogP) is 5.86. The Morgan fingerprint density at radius 2 is 1.84 bits per heavy atom. The van der Waals surface area contributed by atoms with E-state index in [2.05, 4.69) is 20.3 Å². The number of fused-ring (bicyclic) bond motifs is 4. The average Bonchev–Trinajstić information content (AvgIpc) is 3.78. The second kappa shape index (κ2) is 13.2. The number of carbonyl (C=O) groups excluding carboxylic acids is 2. The zero-order chi connectivity index (χ0) is 34.3. The number of ether oxygens (including phenoxy) is 1. The van der Waals surface area contributed by atoms with Gasteiger partial charge in [-0.1, -0.05) is 19.9 Å². The number of amides is 2. The van der Waals surface area contributed by atoms with Crippen molar-refractivity contribution in [1.29, 1.82) is 0 Å². The van der Waals surface area contributed by atoms with Crippen molar-refractivity contribution in [3.8, 4) is 5.75 Å². The first-order valence-electron chi connectivity index (χ1n) is 16.6. The molecule has 0 unspecified atom stereocenters. The summed E-state index contributed by atoms with van der Waals surface area (Å²) in [7, 11) is -2.33. The van der Waals surface area contributed by atoms with E-state index >= 15 is 0 Å². The van der Waals surface area contributed by atoms with Gasteiger partial charge in [-0.2, -0.15) is 0 Å². The Balaban J connectivity index is 1.24. The van der Waals surface area contributed by atoms with E-state index in [0.29, 0.717) is 57.8 Å². The SMILES string of the molecule is COc1cccc2oc(CCC(=O)N[C@H]3C[C@H](NC(=O)c4cccnc4)c4cc(S(=O)(=O)NCC(C)C)c5cc(C6CC6)ncc5c43)cc12. The topological polar surface area (TPSA) is 153 Å². The van der Waals surface area contributed by atoms with Gasteiger partial charge in [-0.15, -0.1) is 0 Å². The fourth-order valence-corrected chi connectivity index (χ4v) is 8.03. The molecule has 2 amide bonds. The molecule has 3 aromatic heterocycles. The molecule has 1 fully saturated rings. The number of hydrogen-bond acceptors (Lipinski definition) is 8. The lowest BCUT2D eigenvalue weighted by Gasteiger charge is -2.19. The van der Waals surface area contributed by atoms with Crippen LogP contribution in [0, 0.1) is 5.92 Å². The molecular formula is C37H39N5O6S. The molecule has 0 bridgehead atoms. The molecule has 3 heterocycles. The lowest BCUT2D eigenvalue weighted by Crippen LogP contribution is -2.30. The van der Waals surface area contributed by atoms with Crippen LogP contribution < -0.4 is 20.1 Å². The molecule has 0 aliphatic heterocycles. The van der Waals surface area contributed by atoms with E-state index in [1.807, 2.05) is 44.2 Å². The third-order valence-electron chi connectivity index (χ3n) is 9.20. The highest BCUT2D eigenvalue weighted by atomic mass is 32.2. The second-order valence-corrected chi connectivity index (χ2v) is 15.0. The molecule has 0 saturated heterocycles. The standard InChI is InChI=1S/C37H39N5O6S/c1-21(2)18-40-49(45,46)34-16-26-30(42-37(44)23-6-5-13-38-19-23)17-31(36(26)28-20-39-29(15-25(28)34)22-9-10-22)41-35(43)12-11-24-14-27-32(47-3)7-4-8-33(27)48-24/h4-8,13-16,19-22,30-31,40H,9-12,17-18H2,1-3H3,(H,41,43)(H,42,44)/t30-,31-/m0/s1.